The van der Waals surface area contributed by atoms with Crippen molar-refractivity contribution in [1.29, 1.82) is 0 Å². The lowest BCUT2D eigenvalue weighted by Gasteiger charge is -2.07. The summed E-state index contributed by atoms with van der Waals surface area (Å²) >= 11 is 8.57. The van der Waals surface area contributed by atoms with E-state index in [2.05, 4.69) is 25.3 Å². The van der Waals surface area contributed by atoms with Crippen LogP contribution in [0.4, 0.5) is 0 Å². The van der Waals surface area contributed by atoms with Gasteiger partial charge in [-0.3, -0.25) is 4.79 Å². The lowest BCUT2D eigenvalue weighted by atomic mass is 10.1. The van der Waals surface area contributed by atoms with E-state index in [1.165, 1.54) is 0 Å². The molecular formula is C10H20OS2. The van der Waals surface area contributed by atoms with Gasteiger partial charge in [0, 0.05) is 18.1 Å². The second-order valence-electron chi connectivity index (χ2n) is 3.30. The number of unbranched alkanes of at least 4 members (excludes halogenated alkanes) is 1. The van der Waals surface area contributed by atoms with Gasteiger partial charge in [0.1, 0.15) is 5.78 Å². The van der Waals surface area contributed by atoms with Gasteiger partial charge in [-0.05, 0) is 25.0 Å². The van der Waals surface area contributed by atoms with Crippen LogP contribution in [0.25, 0.3) is 0 Å². The van der Waals surface area contributed by atoms with E-state index in [0.29, 0.717) is 17.5 Å². The van der Waals surface area contributed by atoms with Gasteiger partial charge < -0.3 is 0 Å². The van der Waals surface area contributed by atoms with Crippen LogP contribution in [-0.4, -0.2) is 16.8 Å². The molecule has 0 aliphatic rings. The Labute approximate surface area is 92.5 Å². The van der Waals surface area contributed by atoms with Crippen LogP contribution >= 0.6 is 25.3 Å². The van der Waals surface area contributed by atoms with Crippen LogP contribution in [0.15, 0.2) is 0 Å². The summed E-state index contributed by atoms with van der Waals surface area (Å²) in [6, 6.07) is 0. The number of thiol groups is 2. The molecule has 0 saturated carbocycles. The first-order chi connectivity index (χ1) is 6.20. The van der Waals surface area contributed by atoms with Gasteiger partial charge in [0.15, 0.2) is 0 Å². The Hall–Kier alpha value is 0.370. The average Bonchev–Trinajstić information content (AvgIpc) is 2.12. The molecular weight excluding hydrogens is 200 g/mol. The first kappa shape index (κ1) is 13.4. The number of ketones is 1. The summed E-state index contributed by atoms with van der Waals surface area (Å²) in [5.41, 5.74) is 0. The lowest BCUT2D eigenvalue weighted by molar-refractivity contribution is -0.118. The minimum atomic E-state index is 0.380. The minimum absolute atomic E-state index is 0.380. The van der Waals surface area contributed by atoms with Crippen molar-refractivity contribution < 1.29 is 4.79 Å². The van der Waals surface area contributed by atoms with Crippen molar-refractivity contribution in [2.24, 2.45) is 0 Å². The molecule has 0 saturated heterocycles. The van der Waals surface area contributed by atoms with E-state index in [9.17, 15) is 4.79 Å². The molecule has 0 aliphatic carbocycles. The Kier molecular flexibility index (Phi) is 9.20. The molecule has 3 heteroatoms. The van der Waals surface area contributed by atoms with E-state index < -0.39 is 0 Å². The number of carbonyl (C=O) groups is 1. The van der Waals surface area contributed by atoms with Crippen molar-refractivity contribution in [3.05, 3.63) is 0 Å². The van der Waals surface area contributed by atoms with Gasteiger partial charge in [0.25, 0.3) is 0 Å². The highest BCUT2D eigenvalue weighted by Crippen LogP contribution is 2.12. The normalized spacial score (nSPS) is 12.8. The number of rotatable bonds is 8. The van der Waals surface area contributed by atoms with Gasteiger partial charge in [-0.2, -0.15) is 25.3 Å². The van der Waals surface area contributed by atoms with Crippen molar-refractivity contribution >= 4 is 31.0 Å². The number of Topliss-reactive ketones (excluding diaryl/α,β-unsaturated/α-hetero) is 1. The Morgan fingerprint density at radius 3 is 2.54 bits per heavy atom. The maximum Gasteiger partial charge on any atom is 0.132 e. The van der Waals surface area contributed by atoms with Crippen LogP contribution in [0.3, 0.4) is 0 Å². The highest BCUT2D eigenvalue weighted by molar-refractivity contribution is 7.81. The summed E-state index contributed by atoms with van der Waals surface area (Å²) < 4.78 is 0. The highest BCUT2D eigenvalue weighted by Gasteiger charge is 2.02. The zero-order valence-corrected chi connectivity index (χ0v) is 10.1. The molecule has 0 spiro atoms. The molecule has 0 heterocycles. The third-order valence-corrected chi connectivity index (χ3v) is 2.87. The molecule has 1 unspecified atom stereocenters. The molecule has 0 aromatic rings. The molecule has 0 N–H and O–H groups in total. The van der Waals surface area contributed by atoms with Crippen LogP contribution in [0, 0.1) is 0 Å². The van der Waals surface area contributed by atoms with Gasteiger partial charge in [0.2, 0.25) is 0 Å². The van der Waals surface area contributed by atoms with E-state index >= 15 is 0 Å². The van der Waals surface area contributed by atoms with E-state index in [-0.39, 0.29) is 0 Å². The topological polar surface area (TPSA) is 17.1 Å². The highest BCUT2D eigenvalue weighted by atomic mass is 32.1. The first-order valence-corrected chi connectivity index (χ1v) is 6.16. The monoisotopic (exact) mass is 220 g/mol. The molecule has 0 aromatic heterocycles. The standard InChI is InChI=1S/C10H20OS2/c1-2-9(11)5-3-4-6-10(13)7-8-12/h10,12-13H,2-8H2,1H3. The zero-order chi connectivity index (χ0) is 10.1. The second kappa shape index (κ2) is 8.95. The van der Waals surface area contributed by atoms with Gasteiger partial charge >= 0.3 is 0 Å². The molecule has 0 fully saturated rings. The van der Waals surface area contributed by atoms with E-state index in [1.807, 2.05) is 6.92 Å². The summed E-state index contributed by atoms with van der Waals surface area (Å²) in [5.74, 6) is 1.28. The van der Waals surface area contributed by atoms with Crippen LogP contribution in [0.1, 0.15) is 45.4 Å². The third-order valence-electron chi connectivity index (χ3n) is 2.10. The SMILES string of the molecule is CCC(=O)CCCCC(S)CCS. The summed E-state index contributed by atoms with van der Waals surface area (Å²) in [4.78, 5) is 11.0. The fraction of sp³-hybridized carbons (Fsp3) is 0.900. The van der Waals surface area contributed by atoms with Crippen LogP contribution in [0.2, 0.25) is 0 Å². The fourth-order valence-corrected chi connectivity index (χ4v) is 2.00. The summed E-state index contributed by atoms with van der Waals surface area (Å²) in [7, 11) is 0. The molecule has 78 valence electrons. The molecule has 1 atom stereocenters. The summed E-state index contributed by atoms with van der Waals surface area (Å²) in [5, 5.41) is 0.467. The third kappa shape index (κ3) is 8.69. The predicted molar refractivity (Wildman–Crippen MR) is 65.0 cm³/mol. The molecule has 1 nitrogen and oxygen atoms in total. The largest absolute Gasteiger partial charge is 0.300 e. The minimum Gasteiger partial charge on any atom is -0.300 e. The van der Waals surface area contributed by atoms with E-state index in [1.54, 1.807) is 0 Å². The van der Waals surface area contributed by atoms with E-state index in [4.69, 9.17) is 0 Å². The van der Waals surface area contributed by atoms with Crippen molar-refractivity contribution in [2.45, 2.75) is 50.7 Å². The molecule has 0 bridgehead atoms. The lowest BCUT2D eigenvalue weighted by Crippen LogP contribution is -2.00. The quantitative estimate of drug-likeness (QED) is 0.475. The smallest absolute Gasteiger partial charge is 0.132 e. The maximum absolute atomic E-state index is 11.0. The van der Waals surface area contributed by atoms with E-state index in [0.717, 1.165) is 37.9 Å². The molecule has 0 aromatic carbocycles. The van der Waals surface area contributed by atoms with Crippen LogP contribution in [0.5, 0.6) is 0 Å². The molecule has 0 aliphatic heterocycles. The fourth-order valence-electron chi connectivity index (χ4n) is 1.17. The Morgan fingerprint density at radius 1 is 1.31 bits per heavy atom. The van der Waals surface area contributed by atoms with Crippen molar-refractivity contribution in [3.8, 4) is 0 Å². The Balaban J connectivity index is 3.20. The van der Waals surface area contributed by atoms with Gasteiger partial charge in [-0.25, -0.2) is 0 Å². The molecule has 0 amide bonds. The van der Waals surface area contributed by atoms with Crippen molar-refractivity contribution in [2.75, 3.05) is 5.75 Å². The number of hydrogen-bond donors (Lipinski definition) is 2. The van der Waals surface area contributed by atoms with Crippen LogP contribution < -0.4 is 0 Å². The molecule has 13 heavy (non-hydrogen) atoms. The zero-order valence-electron chi connectivity index (χ0n) is 8.33. The van der Waals surface area contributed by atoms with Crippen molar-refractivity contribution in [1.82, 2.24) is 0 Å². The second-order valence-corrected chi connectivity index (χ2v) is 4.48. The van der Waals surface area contributed by atoms with Gasteiger partial charge in [-0.1, -0.05) is 13.3 Å². The molecule has 0 radical (unpaired) electrons. The average molecular weight is 220 g/mol. The Morgan fingerprint density at radius 2 is 2.00 bits per heavy atom. The predicted octanol–water partition coefficient (Wildman–Crippen LogP) is 3.14. The summed E-state index contributed by atoms with van der Waals surface area (Å²) in [6.45, 7) is 1.92. The number of hydrogen-bond acceptors (Lipinski definition) is 3. The van der Waals surface area contributed by atoms with Crippen molar-refractivity contribution in [3.63, 3.8) is 0 Å². The van der Waals surface area contributed by atoms with Crippen LogP contribution in [-0.2, 0) is 4.79 Å². The maximum atomic E-state index is 11.0. The Bertz CT molecular complexity index is 137. The number of carbonyl (C=O) groups excluding carboxylic acids is 1. The van der Waals surface area contributed by atoms with Gasteiger partial charge in [0.05, 0.1) is 0 Å². The summed E-state index contributed by atoms with van der Waals surface area (Å²) in [6.07, 6.45) is 5.75. The first-order valence-electron chi connectivity index (χ1n) is 5.01. The van der Waals surface area contributed by atoms with Gasteiger partial charge in [-0.15, -0.1) is 0 Å². The molecule has 0 rings (SSSR count).